The molecule has 0 bridgehead atoms. The van der Waals surface area contributed by atoms with Crippen molar-refractivity contribution in [2.75, 3.05) is 5.73 Å². The van der Waals surface area contributed by atoms with Crippen LogP contribution in [0.25, 0.3) is 22.4 Å². The second-order valence-corrected chi connectivity index (χ2v) is 7.56. The Morgan fingerprint density at radius 2 is 1.67 bits per heavy atom. The van der Waals surface area contributed by atoms with Gasteiger partial charge in [-0.3, -0.25) is 4.98 Å². The predicted molar refractivity (Wildman–Crippen MR) is 107 cm³/mol. The molecule has 0 spiro atoms. The van der Waals surface area contributed by atoms with E-state index in [1.165, 1.54) is 5.56 Å². The summed E-state index contributed by atoms with van der Waals surface area (Å²) in [5, 5.41) is 5.70. The standard InChI is InChI=1S/C21H22N6/c1-21(2,3)27-20-17(16(26-27)13-14-7-5-4-6-8-14)18(22)24-19(25-20)15-9-11-23-12-10-15/h4-12H,13H2,1-3H3,(H2,22,24,25). The lowest BCUT2D eigenvalue weighted by atomic mass is 10.1. The van der Waals surface area contributed by atoms with Gasteiger partial charge in [0.15, 0.2) is 11.5 Å². The lowest BCUT2D eigenvalue weighted by Crippen LogP contribution is -2.23. The van der Waals surface area contributed by atoms with Crippen LogP contribution < -0.4 is 5.73 Å². The highest BCUT2D eigenvalue weighted by molar-refractivity contribution is 5.90. The van der Waals surface area contributed by atoms with Crippen LogP contribution in [0.15, 0.2) is 54.9 Å². The Morgan fingerprint density at radius 1 is 0.963 bits per heavy atom. The molecule has 3 aromatic heterocycles. The number of benzene rings is 1. The van der Waals surface area contributed by atoms with Gasteiger partial charge in [-0.15, -0.1) is 0 Å². The number of fused-ring (bicyclic) bond motifs is 1. The second-order valence-electron chi connectivity index (χ2n) is 7.56. The maximum absolute atomic E-state index is 6.39. The molecule has 0 radical (unpaired) electrons. The predicted octanol–water partition coefficient (Wildman–Crippen LogP) is 3.82. The number of hydrogen-bond donors (Lipinski definition) is 1. The van der Waals surface area contributed by atoms with Gasteiger partial charge in [-0.2, -0.15) is 5.10 Å². The van der Waals surface area contributed by atoms with E-state index in [1.54, 1.807) is 12.4 Å². The largest absolute Gasteiger partial charge is 0.383 e. The van der Waals surface area contributed by atoms with Crippen molar-refractivity contribution in [1.82, 2.24) is 24.7 Å². The van der Waals surface area contributed by atoms with Crippen molar-refractivity contribution >= 4 is 16.9 Å². The number of nitrogen functional groups attached to an aromatic ring is 1. The summed E-state index contributed by atoms with van der Waals surface area (Å²) in [6.07, 6.45) is 4.13. The van der Waals surface area contributed by atoms with Crippen molar-refractivity contribution in [1.29, 1.82) is 0 Å². The Kier molecular flexibility index (Phi) is 4.11. The molecule has 0 fully saturated rings. The summed E-state index contributed by atoms with van der Waals surface area (Å²) < 4.78 is 1.95. The molecule has 3 heterocycles. The van der Waals surface area contributed by atoms with Gasteiger partial charge in [0.1, 0.15) is 5.82 Å². The molecule has 136 valence electrons. The van der Waals surface area contributed by atoms with Crippen LogP contribution in [0.4, 0.5) is 5.82 Å². The lowest BCUT2D eigenvalue weighted by molar-refractivity contribution is 0.363. The molecule has 0 amide bonds. The lowest BCUT2D eigenvalue weighted by Gasteiger charge is -2.20. The minimum atomic E-state index is -0.233. The van der Waals surface area contributed by atoms with E-state index in [0.717, 1.165) is 22.3 Å². The highest BCUT2D eigenvalue weighted by Gasteiger charge is 2.24. The van der Waals surface area contributed by atoms with Gasteiger partial charge in [0.25, 0.3) is 0 Å². The quantitative estimate of drug-likeness (QED) is 0.602. The zero-order valence-corrected chi connectivity index (χ0v) is 15.7. The monoisotopic (exact) mass is 358 g/mol. The summed E-state index contributed by atoms with van der Waals surface area (Å²) in [6.45, 7) is 6.32. The molecular weight excluding hydrogens is 336 g/mol. The third kappa shape index (κ3) is 3.26. The summed E-state index contributed by atoms with van der Waals surface area (Å²) in [5.74, 6) is 1.03. The van der Waals surface area contributed by atoms with Gasteiger partial charge in [-0.1, -0.05) is 30.3 Å². The van der Waals surface area contributed by atoms with Gasteiger partial charge in [-0.25, -0.2) is 14.6 Å². The average Bonchev–Trinajstić information content (AvgIpc) is 3.02. The van der Waals surface area contributed by atoms with Gasteiger partial charge in [0.2, 0.25) is 0 Å². The zero-order chi connectivity index (χ0) is 19.0. The minimum absolute atomic E-state index is 0.233. The fourth-order valence-corrected chi connectivity index (χ4v) is 3.12. The molecule has 2 N–H and O–H groups in total. The highest BCUT2D eigenvalue weighted by Crippen LogP contribution is 2.30. The molecule has 27 heavy (non-hydrogen) atoms. The first-order valence-electron chi connectivity index (χ1n) is 8.93. The fourth-order valence-electron chi connectivity index (χ4n) is 3.12. The molecule has 6 heteroatoms. The van der Waals surface area contributed by atoms with Gasteiger partial charge in [0, 0.05) is 24.4 Å². The number of anilines is 1. The van der Waals surface area contributed by atoms with Crippen molar-refractivity contribution in [2.24, 2.45) is 0 Å². The molecule has 6 nitrogen and oxygen atoms in total. The summed E-state index contributed by atoms with van der Waals surface area (Å²) in [4.78, 5) is 13.4. The smallest absolute Gasteiger partial charge is 0.164 e. The van der Waals surface area contributed by atoms with Crippen LogP contribution in [-0.2, 0) is 12.0 Å². The Labute approximate surface area is 158 Å². The number of pyridine rings is 1. The second kappa shape index (κ2) is 6.46. The number of aromatic nitrogens is 5. The molecule has 4 rings (SSSR count). The Balaban J connectivity index is 1.93. The maximum atomic E-state index is 6.39. The molecule has 0 saturated carbocycles. The average molecular weight is 358 g/mol. The van der Waals surface area contributed by atoms with Crippen molar-refractivity contribution in [3.05, 3.63) is 66.1 Å². The Hall–Kier alpha value is -3.28. The molecule has 0 aliphatic heterocycles. The molecule has 0 aliphatic carbocycles. The SMILES string of the molecule is CC(C)(C)n1nc(Cc2ccccc2)c2c(N)nc(-c3ccncc3)nc21. The minimum Gasteiger partial charge on any atom is -0.383 e. The van der Waals surface area contributed by atoms with Crippen LogP contribution in [0.3, 0.4) is 0 Å². The van der Waals surface area contributed by atoms with Crippen LogP contribution in [0.1, 0.15) is 32.0 Å². The third-order valence-electron chi connectivity index (χ3n) is 4.42. The summed E-state index contributed by atoms with van der Waals surface area (Å²) in [6, 6.07) is 14.0. The van der Waals surface area contributed by atoms with E-state index in [2.05, 4.69) is 42.9 Å². The van der Waals surface area contributed by atoms with Gasteiger partial charge < -0.3 is 5.73 Å². The number of hydrogen-bond acceptors (Lipinski definition) is 5. The molecule has 1 aromatic carbocycles. The van der Waals surface area contributed by atoms with E-state index in [0.29, 0.717) is 18.1 Å². The van der Waals surface area contributed by atoms with Crippen molar-refractivity contribution in [3.63, 3.8) is 0 Å². The number of nitrogens with zero attached hydrogens (tertiary/aromatic N) is 5. The topological polar surface area (TPSA) is 82.5 Å². The van der Waals surface area contributed by atoms with E-state index >= 15 is 0 Å². The Bertz CT molecular complexity index is 1080. The van der Waals surface area contributed by atoms with Crippen LogP contribution in [-0.4, -0.2) is 24.7 Å². The summed E-state index contributed by atoms with van der Waals surface area (Å²) in [5.41, 5.74) is 9.86. The fraction of sp³-hybridized carbons (Fsp3) is 0.238. The van der Waals surface area contributed by atoms with Gasteiger partial charge in [0.05, 0.1) is 16.6 Å². The molecule has 0 atom stereocenters. The zero-order valence-electron chi connectivity index (χ0n) is 15.7. The number of nitrogens with two attached hydrogens (primary N) is 1. The molecule has 0 aliphatic rings. The maximum Gasteiger partial charge on any atom is 0.164 e. The van der Waals surface area contributed by atoms with Gasteiger partial charge in [-0.05, 0) is 38.5 Å². The molecular formula is C21H22N6. The van der Waals surface area contributed by atoms with Crippen LogP contribution in [0, 0.1) is 0 Å². The van der Waals surface area contributed by atoms with Crippen LogP contribution >= 0.6 is 0 Å². The van der Waals surface area contributed by atoms with Crippen molar-refractivity contribution < 1.29 is 0 Å². The number of rotatable bonds is 3. The summed E-state index contributed by atoms with van der Waals surface area (Å²) in [7, 11) is 0. The molecule has 0 saturated heterocycles. The molecule has 0 unspecified atom stereocenters. The summed E-state index contributed by atoms with van der Waals surface area (Å²) >= 11 is 0. The van der Waals surface area contributed by atoms with Crippen molar-refractivity contribution in [2.45, 2.75) is 32.7 Å². The Morgan fingerprint density at radius 3 is 2.33 bits per heavy atom. The van der Waals surface area contributed by atoms with Gasteiger partial charge >= 0.3 is 0 Å². The van der Waals surface area contributed by atoms with Crippen LogP contribution in [0.2, 0.25) is 0 Å². The first-order chi connectivity index (χ1) is 12.9. The van der Waals surface area contributed by atoms with Crippen LogP contribution in [0.5, 0.6) is 0 Å². The van der Waals surface area contributed by atoms with E-state index in [9.17, 15) is 0 Å². The normalized spacial score (nSPS) is 11.8. The van der Waals surface area contributed by atoms with E-state index in [1.807, 2.05) is 35.0 Å². The highest BCUT2D eigenvalue weighted by atomic mass is 15.3. The van der Waals surface area contributed by atoms with E-state index in [4.69, 9.17) is 15.8 Å². The molecule has 4 aromatic rings. The third-order valence-corrected chi connectivity index (χ3v) is 4.42. The van der Waals surface area contributed by atoms with Crippen molar-refractivity contribution in [3.8, 4) is 11.4 Å². The first kappa shape index (κ1) is 17.1. The first-order valence-corrected chi connectivity index (χ1v) is 8.93. The van der Waals surface area contributed by atoms with E-state index in [-0.39, 0.29) is 5.54 Å². The van der Waals surface area contributed by atoms with E-state index < -0.39 is 0 Å².